The molecule has 3 aliphatic heterocycles. The lowest BCUT2D eigenvalue weighted by atomic mass is 9.89. The maximum absolute atomic E-state index is 9.78. The zero-order valence-corrected chi connectivity index (χ0v) is 17.5. The fourth-order valence-electron chi connectivity index (χ4n) is 4.52. The van der Waals surface area contributed by atoms with E-state index in [1.807, 2.05) is 23.9 Å². The van der Waals surface area contributed by atoms with Crippen LogP contribution >= 0.6 is 11.8 Å². The lowest BCUT2D eigenvalue weighted by Gasteiger charge is -2.33. The number of piperidine rings is 1. The van der Waals surface area contributed by atoms with Gasteiger partial charge in [-0.1, -0.05) is 12.1 Å². The van der Waals surface area contributed by atoms with Crippen molar-refractivity contribution in [2.75, 3.05) is 42.3 Å². The Labute approximate surface area is 176 Å². The van der Waals surface area contributed by atoms with Crippen molar-refractivity contribution < 1.29 is 9.84 Å². The van der Waals surface area contributed by atoms with Crippen molar-refractivity contribution in [3.05, 3.63) is 35.5 Å². The molecule has 0 spiro atoms. The number of phenols is 1. The monoisotopic (exact) mass is 412 g/mol. The smallest absolute Gasteiger partial charge is 0.227 e. The van der Waals surface area contributed by atoms with Crippen molar-refractivity contribution in [2.45, 2.75) is 49.0 Å². The number of aromatic nitrogens is 2. The Bertz CT molecular complexity index is 864. The average molecular weight is 413 g/mol. The van der Waals surface area contributed by atoms with Gasteiger partial charge in [0.25, 0.3) is 0 Å². The van der Waals surface area contributed by atoms with Gasteiger partial charge in [0.2, 0.25) is 5.95 Å². The van der Waals surface area contributed by atoms with Crippen LogP contribution in [0.2, 0.25) is 0 Å². The molecule has 0 saturated carbocycles. The molecule has 5 rings (SSSR count). The third-order valence-electron chi connectivity index (χ3n) is 6.19. The van der Waals surface area contributed by atoms with Crippen LogP contribution in [0.4, 0.5) is 11.8 Å². The molecular formula is C22H28N4O2S. The highest BCUT2D eigenvalue weighted by molar-refractivity contribution is 7.99. The number of rotatable bonds is 4. The zero-order chi connectivity index (χ0) is 19.6. The standard InChI is InChI=1S/C22H28N4O2S/c27-18-3-1-2-16(14-18)15-4-9-26(10-5-15)22-24-19-8-13-29-20(19)21(25-22)23-17-6-11-28-12-7-17/h1-3,14-15,17,27H,4-13H2,(H,23,24,25). The van der Waals surface area contributed by atoms with Gasteiger partial charge in [-0.3, -0.25) is 0 Å². The summed E-state index contributed by atoms with van der Waals surface area (Å²) in [7, 11) is 0. The first-order valence-corrected chi connectivity index (χ1v) is 11.7. The van der Waals surface area contributed by atoms with Crippen LogP contribution in [0.5, 0.6) is 5.75 Å². The van der Waals surface area contributed by atoms with Gasteiger partial charge in [0.1, 0.15) is 11.6 Å². The first-order valence-electron chi connectivity index (χ1n) is 10.7. The molecule has 2 fully saturated rings. The average Bonchev–Trinajstić information content (AvgIpc) is 3.24. The minimum absolute atomic E-state index is 0.355. The van der Waals surface area contributed by atoms with Gasteiger partial charge in [-0.05, 0) is 49.3 Å². The van der Waals surface area contributed by atoms with E-state index in [0.717, 1.165) is 75.9 Å². The lowest BCUT2D eigenvalue weighted by Crippen LogP contribution is -2.35. The normalized spacial score (nSPS) is 20.6. The summed E-state index contributed by atoms with van der Waals surface area (Å²) in [6.45, 7) is 3.55. The minimum Gasteiger partial charge on any atom is -0.508 e. The third kappa shape index (κ3) is 4.16. The molecule has 4 heterocycles. The molecule has 0 bridgehead atoms. The van der Waals surface area contributed by atoms with Crippen LogP contribution in [-0.4, -0.2) is 53.2 Å². The topological polar surface area (TPSA) is 70.5 Å². The second kappa shape index (κ2) is 8.40. The maximum Gasteiger partial charge on any atom is 0.227 e. The molecule has 7 heteroatoms. The molecule has 1 aromatic heterocycles. The van der Waals surface area contributed by atoms with Gasteiger partial charge < -0.3 is 20.1 Å². The van der Waals surface area contributed by atoms with Crippen LogP contribution in [0.3, 0.4) is 0 Å². The van der Waals surface area contributed by atoms with Gasteiger partial charge in [-0.25, -0.2) is 4.98 Å². The quantitative estimate of drug-likeness (QED) is 0.791. The summed E-state index contributed by atoms with van der Waals surface area (Å²) < 4.78 is 5.50. The van der Waals surface area contributed by atoms with E-state index in [9.17, 15) is 5.11 Å². The first kappa shape index (κ1) is 19.0. The molecule has 6 nitrogen and oxygen atoms in total. The van der Waals surface area contributed by atoms with E-state index in [-0.39, 0.29) is 0 Å². The Balaban J connectivity index is 1.31. The van der Waals surface area contributed by atoms with Crippen LogP contribution in [0.15, 0.2) is 29.2 Å². The highest BCUT2D eigenvalue weighted by Crippen LogP contribution is 2.38. The molecule has 0 amide bonds. The van der Waals surface area contributed by atoms with Crippen LogP contribution < -0.4 is 10.2 Å². The fourth-order valence-corrected chi connectivity index (χ4v) is 5.58. The van der Waals surface area contributed by atoms with Gasteiger partial charge in [-0.2, -0.15) is 4.98 Å². The number of benzene rings is 1. The Morgan fingerprint density at radius 3 is 2.72 bits per heavy atom. The molecule has 1 aromatic carbocycles. The predicted octanol–water partition coefficient (Wildman–Crippen LogP) is 3.81. The number of anilines is 2. The highest BCUT2D eigenvalue weighted by atomic mass is 32.2. The number of fused-ring (bicyclic) bond motifs is 1. The van der Waals surface area contributed by atoms with Crippen LogP contribution in [0.25, 0.3) is 0 Å². The summed E-state index contributed by atoms with van der Waals surface area (Å²) in [5, 5.41) is 13.5. The Morgan fingerprint density at radius 1 is 1.10 bits per heavy atom. The lowest BCUT2D eigenvalue weighted by molar-refractivity contribution is 0.0903. The molecule has 3 aliphatic rings. The third-order valence-corrected chi connectivity index (χ3v) is 7.32. The number of nitrogens with zero attached hydrogens (tertiary/aromatic N) is 3. The van der Waals surface area contributed by atoms with E-state index in [1.165, 1.54) is 16.2 Å². The zero-order valence-electron chi connectivity index (χ0n) is 16.6. The molecule has 2 N–H and O–H groups in total. The number of hydrogen-bond acceptors (Lipinski definition) is 7. The van der Waals surface area contributed by atoms with E-state index < -0.39 is 0 Å². The van der Waals surface area contributed by atoms with E-state index in [4.69, 9.17) is 14.7 Å². The number of phenolic OH excluding ortho intramolecular Hbond substituents is 1. The number of ether oxygens (including phenoxy) is 1. The van der Waals surface area contributed by atoms with E-state index >= 15 is 0 Å². The summed E-state index contributed by atoms with van der Waals surface area (Å²) in [5.41, 5.74) is 2.43. The summed E-state index contributed by atoms with van der Waals surface area (Å²) >= 11 is 1.88. The Morgan fingerprint density at radius 2 is 1.93 bits per heavy atom. The minimum atomic E-state index is 0.355. The number of nitrogens with one attached hydrogen (secondary N) is 1. The van der Waals surface area contributed by atoms with Gasteiger partial charge in [0.15, 0.2) is 0 Å². The van der Waals surface area contributed by atoms with E-state index in [2.05, 4.69) is 16.3 Å². The second-order valence-electron chi connectivity index (χ2n) is 8.13. The van der Waals surface area contributed by atoms with Gasteiger partial charge >= 0.3 is 0 Å². The number of aryl methyl sites for hydroxylation is 1. The van der Waals surface area contributed by atoms with Crippen LogP contribution in [0, 0.1) is 0 Å². The Kier molecular flexibility index (Phi) is 5.50. The number of hydrogen-bond donors (Lipinski definition) is 2. The van der Waals surface area contributed by atoms with Crippen LogP contribution in [0.1, 0.15) is 42.9 Å². The summed E-state index contributed by atoms with van der Waals surface area (Å²) in [4.78, 5) is 13.5. The molecule has 0 atom stereocenters. The van der Waals surface area contributed by atoms with Gasteiger partial charge in [-0.15, -0.1) is 11.8 Å². The number of aromatic hydroxyl groups is 1. The molecule has 29 heavy (non-hydrogen) atoms. The van der Waals surface area contributed by atoms with Gasteiger partial charge in [0, 0.05) is 44.5 Å². The summed E-state index contributed by atoms with van der Waals surface area (Å²) in [6, 6.07) is 8.14. The molecule has 2 saturated heterocycles. The first-order chi connectivity index (χ1) is 14.3. The number of thioether (sulfide) groups is 1. The van der Waals surface area contributed by atoms with Gasteiger partial charge in [0.05, 0.1) is 10.6 Å². The summed E-state index contributed by atoms with van der Waals surface area (Å²) in [5.74, 6) is 3.83. The molecule has 0 radical (unpaired) electrons. The van der Waals surface area contributed by atoms with Crippen LogP contribution in [-0.2, 0) is 11.2 Å². The molecule has 2 aromatic rings. The van der Waals surface area contributed by atoms with Crippen molar-refractivity contribution in [1.82, 2.24) is 9.97 Å². The molecule has 0 unspecified atom stereocenters. The SMILES string of the molecule is Oc1cccc(C2CCN(c3nc4c(c(NC5CCOCC5)n3)SCC4)CC2)c1. The van der Waals surface area contributed by atoms with E-state index in [0.29, 0.717) is 17.7 Å². The summed E-state index contributed by atoms with van der Waals surface area (Å²) in [6.07, 6.45) is 5.21. The predicted molar refractivity (Wildman–Crippen MR) is 116 cm³/mol. The molecule has 154 valence electrons. The maximum atomic E-state index is 9.78. The van der Waals surface area contributed by atoms with Crippen molar-refractivity contribution >= 4 is 23.5 Å². The largest absolute Gasteiger partial charge is 0.508 e. The molecule has 0 aliphatic carbocycles. The highest BCUT2D eigenvalue weighted by Gasteiger charge is 2.27. The molecular weight excluding hydrogens is 384 g/mol. The Hall–Kier alpha value is -1.99. The second-order valence-corrected chi connectivity index (χ2v) is 9.24. The fraction of sp³-hybridized carbons (Fsp3) is 0.545. The van der Waals surface area contributed by atoms with Crippen molar-refractivity contribution in [3.8, 4) is 5.75 Å². The van der Waals surface area contributed by atoms with Crippen molar-refractivity contribution in [2.24, 2.45) is 0 Å². The van der Waals surface area contributed by atoms with Crippen molar-refractivity contribution in [1.29, 1.82) is 0 Å². The van der Waals surface area contributed by atoms with E-state index in [1.54, 1.807) is 6.07 Å². The van der Waals surface area contributed by atoms with Crippen molar-refractivity contribution in [3.63, 3.8) is 0 Å².